The largest absolute Gasteiger partial charge is 0.388 e. The minimum Gasteiger partial charge on any atom is -0.388 e. The van der Waals surface area contributed by atoms with Crippen molar-refractivity contribution in [2.75, 3.05) is 6.54 Å². The maximum atomic E-state index is 12.3. The molecule has 3 N–H and O–H groups in total. The Morgan fingerprint density at radius 1 is 1.39 bits per heavy atom. The molecule has 0 unspecified atom stereocenters. The van der Waals surface area contributed by atoms with E-state index in [9.17, 15) is 20.0 Å². The lowest BCUT2D eigenvalue weighted by atomic mass is 9.85. The zero-order chi connectivity index (χ0) is 16.4. The molecule has 23 heavy (non-hydrogen) atoms. The molecule has 8 nitrogen and oxygen atoms in total. The molecule has 1 aromatic carbocycles. The second kappa shape index (κ2) is 5.96. The van der Waals surface area contributed by atoms with Crippen LogP contribution in [0.1, 0.15) is 42.6 Å². The van der Waals surface area contributed by atoms with Crippen LogP contribution in [0.5, 0.6) is 0 Å². The first-order chi connectivity index (χ1) is 11.0. The van der Waals surface area contributed by atoms with Crippen LogP contribution in [-0.4, -0.2) is 38.3 Å². The van der Waals surface area contributed by atoms with E-state index in [0.717, 1.165) is 19.3 Å². The first-order valence-electron chi connectivity index (χ1n) is 7.62. The summed E-state index contributed by atoms with van der Waals surface area (Å²) in [6, 6.07) is 4.20. The summed E-state index contributed by atoms with van der Waals surface area (Å²) < 4.78 is 0. The zero-order valence-corrected chi connectivity index (χ0v) is 12.5. The van der Waals surface area contributed by atoms with Crippen LogP contribution in [0, 0.1) is 10.1 Å². The fourth-order valence-electron chi connectivity index (χ4n) is 3.00. The molecule has 0 bridgehead atoms. The lowest BCUT2D eigenvalue weighted by Gasteiger charge is -2.31. The van der Waals surface area contributed by atoms with E-state index in [2.05, 4.69) is 15.5 Å². The van der Waals surface area contributed by atoms with E-state index >= 15 is 0 Å². The Kier molecular flexibility index (Phi) is 3.99. The van der Waals surface area contributed by atoms with E-state index in [-0.39, 0.29) is 17.9 Å². The number of hydrogen-bond donors (Lipinski definition) is 3. The van der Waals surface area contributed by atoms with Crippen molar-refractivity contribution in [3.8, 4) is 0 Å². The third-order valence-corrected chi connectivity index (χ3v) is 4.33. The van der Waals surface area contributed by atoms with Gasteiger partial charge in [0, 0.05) is 24.1 Å². The molecular weight excluding hydrogens is 300 g/mol. The fraction of sp³-hybridized carbons (Fsp3) is 0.467. The number of carbonyl (C=O) groups excluding carboxylic acids is 1. The van der Waals surface area contributed by atoms with Crippen LogP contribution in [0.25, 0.3) is 10.9 Å². The van der Waals surface area contributed by atoms with Crippen molar-refractivity contribution in [3.63, 3.8) is 0 Å². The van der Waals surface area contributed by atoms with Gasteiger partial charge in [-0.05, 0) is 18.9 Å². The SMILES string of the molecule is O=C(NCC1(O)CCCCC1)c1n[nH]c2ccc([N+](=O)[O-])cc12. The normalized spacial score (nSPS) is 17.1. The van der Waals surface area contributed by atoms with E-state index in [0.29, 0.717) is 23.7 Å². The first-order valence-corrected chi connectivity index (χ1v) is 7.62. The maximum Gasteiger partial charge on any atom is 0.272 e. The van der Waals surface area contributed by atoms with Crippen molar-refractivity contribution in [1.29, 1.82) is 0 Å². The van der Waals surface area contributed by atoms with Gasteiger partial charge >= 0.3 is 0 Å². The minimum atomic E-state index is -0.869. The second-order valence-corrected chi connectivity index (χ2v) is 6.03. The van der Waals surface area contributed by atoms with Crippen molar-refractivity contribution in [1.82, 2.24) is 15.5 Å². The number of aliphatic hydroxyl groups is 1. The molecule has 0 spiro atoms. The molecule has 0 aliphatic heterocycles. The summed E-state index contributed by atoms with van der Waals surface area (Å²) in [7, 11) is 0. The quantitative estimate of drug-likeness (QED) is 0.587. The third-order valence-electron chi connectivity index (χ3n) is 4.33. The molecule has 0 atom stereocenters. The molecule has 1 fully saturated rings. The van der Waals surface area contributed by atoms with Crippen LogP contribution in [0.15, 0.2) is 18.2 Å². The number of non-ortho nitro benzene ring substituents is 1. The number of aromatic nitrogens is 2. The highest BCUT2D eigenvalue weighted by molar-refractivity contribution is 6.05. The average molecular weight is 318 g/mol. The fourth-order valence-corrected chi connectivity index (χ4v) is 3.00. The number of hydrogen-bond acceptors (Lipinski definition) is 5. The van der Waals surface area contributed by atoms with Crippen LogP contribution >= 0.6 is 0 Å². The van der Waals surface area contributed by atoms with Gasteiger partial charge in [0.2, 0.25) is 0 Å². The van der Waals surface area contributed by atoms with Gasteiger partial charge in [-0.25, -0.2) is 0 Å². The van der Waals surface area contributed by atoms with Gasteiger partial charge in [0.25, 0.3) is 11.6 Å². The maximum absolute atomic E-state index is 12.3. The van der Waals surface area contributed by atoms with Gasteiger partial charge in [-0.3, -0.25) is 20.0 Å². The summed E-state index contributed by atoms with van der Waals surface area (Å²) in [5, 5.41) is 31.0. The van der Waals surface area contributed by atoms with Gasteiger partial charge in [-0.15, -0.1) is 0 Å². The molecule has 122 valence electrons. The highest BCUT2D eigenvalue weighted by atomic mass is 16.6. The van der Waals surface area contributed by atoms with Crippen molar-refractivity contribution < 1.29 is 14.8 Å². The first kappa shape index (κ1) is 15.4. The molecule has 1 aliphatic carbocycles. The number of nitrogens with one attached hydrogen (secondary N) is 2. The molecule has 8 heteroatoms. The molecule has 1 amide bonds. The zero-order valence-electron chi connectivity index (χ0n) is 12.5. The number of amides is 1. The van der Waals surface area contributed by atoms with E-state index in [4.69, 9.17) is 0 Å². The van der Waals surface area contributed by atoms with Crippen molar-refractivity contribution in [3.05, 3.63) is 34.0 Å². The highest BCUT2D eigenvalue weighted by Crippen LogP contribution is 2.27. The lowest BCUT2D eigenvalue weighted by molar-refractivity contribution is -0.384. The van der Waals surface area contributed by atoms with Crippen molar-refractivity contribution in [2.24, 2.45) is 0 Å². The van der Waals surface area contributed by atoms with E-state index in [1.807, 2.05) is 0 Å². The van der Waals surface area contributed by atoms with Crippen LogP contribution in [0.4, 0.5) is 5.69 Å². The summed E-state index contributed by atoms with van der Waals surface area (Å²) in [5.41, 5.74) is -0.314. The Labute approximate surface area is 132 Å². The number of benzene rings is 1. The Bertz CT molecular complexity index is 749. The average Bonchev–Trinajstić information content (AvgIpc) is 2.96. The van der Waals surface area contributed by atoms with E-state index in [1.165, 1.54) is 18.2 Å². The minimum absolute atomic E-state index is 0.0983. The Balaban J connectivity index is 1.78. The topological polar surface area (TPSA) is 121 Å². The van der Waals surface area contributed by atoms with Crippen LogP contribution in [0.2, 0.25) is 0 Å². The number of carbonyl (C=O) groups is 1. The number of rotatable bonds is 4. The molecular formula is C15H18N4O4. The summed E-state index contributed by atoms with van der Waals surface area (Å²) >= 11 is 0. The molecule has 1 saturated carbocycles. The predicted octanol–water partition coefficient (Wildman–Crippen LogP) is 1.90. The van der Waals surface area contributed by atoms with Gasteiger partial charge in [-0.2, -0.15) is 5.10 Å². The molecule has 1 aliphatic rings. The lowest BCUT2D eigenvalue weighted by Crippen LogP contribution is -2.44. The van der Waals surface area contributed by atoms with Gasteiger partial charge in [-0.1, -0.05) is 19.3 Å². The van der Waals surface area contributed by atoms with Crippen molar-refractivity contribution in [2.45, 2.75) is 37.7 Å². The number of fused-ring (bicyclic) bond motifs is 1. The summed E-state index contributed by atoms with van der Waals surface area (Å²) in [4.78, 5) is 22.7. The summed E-state index contributed by atoms with van der Waals surface area (Å²) in [5.74, 6) is -0.448. The molecule has 2 aromatic rings. The van der Waals surface area contributed by atoms with Crippen molar-refractivity contribution >= 4 is 22.5 Å². The van der Waals surface area contributed by atoms with Gasteiger partial charge in [0.1, 0.15) is 0 Å². The molecule has 1 heterocycles. The molecule has 1 aromatic heterocycles. The smallest absolute Gasteiger partial charge is 0.272 e. The number of nitrogens with zero attached hydrogens (tertiary/aromatic N) is 2. The van der Waals surface area contributed by atoms with Crippen LogP contribution in [0.3, 0.4) is 0 Å². The van der Waals surface area contributed by atoms with E-state index < -0.39 is 16.4 Å². The number of H-pyrrole nitrogens is 1. The van der Waals surface area contributed by atoms with Gasteiger partial charge in [0.05, 0.1) is 16.0 Å². The number of aromatic amines is 1. The molecule has 0 radical (unpaired) electrons. The van der Waals surface area contributed by atoms with Crippen LogP contribution < -0.4 is 5.32 Å². The molecule has 3 rings (SSSR count). The predicted molar refractivity (Wildman–Crippen MR) is 83.1 cm³/mol. The highest BCUT2D eigenvalue weighted by Gasteiger charge is 2.30. The Morgan fingerprint density at radius 2 is 2.13 bits per heavy atom. The Hall–Kier alpha value is -2.48. The third kappa shape index (κ3) is 3.16. The summed E-state index contributed by atoms with van der Waals surface area (Å²) in [6.07, 6.45) is 4.33. The second-order valence-electron chi connectivity index (χ2n) is 6.03. The summed E-state index contributed by atoms with van der Waals surface area (Å²) in [6.45, 7) is 0.162. The number of nitro groups is 1. The van der Waals surface area contributed by atoms with Gasteiger partial charge < -0.3 is 10.4 Å². The standard InChI is InChI=1S/C15H18N4O4/c20-14(16-9-15(21)6-2-1-3-7-15)13-11-8-10(19(22)23)4-5-12(11)17-18-13/h4-5,8,21H,1-3,6-7,9H2,(H,16,20)(H,17,18). The number of nitro benzene ring substituents is 1. The van der Waals surface area contributed by atoms with Gasteiger partial charge in [0.15, 0.2) is 5.69 Å². The van der Waals surface area contributed by atoms with E-state index in [1.54, 1.807) is 0 Å². The molecule has 0 saturated heterocycles. The monoisotopic (exact) mass is 318 g/mol. The Morgan fingerprint density at radius 3 is 2.83 bits per heavy atom. The van der Waals surface area contributed by atoms with Crippen LogP contribution in [-0.2, 0) is 0 Å².